The molecule has 0 fully saturated rings. The molecule has 0 atom stereocenters. The third-order valence-corrected chi connectivity index (χ3v) is 5.39. The van der Waals surface area contributed by atoms with E-state index in [2.05, 4.69) is 5.32 Å². The third kappa shape index (κ3) is 4.08. The van der Waals surface area contributed by atoms with Crippen LogP contribution < -0.4 is 10.1 Å². The van der Waals surface area contributed by atoms with Gasteiger partial charge in [0.2, 0.25) is 9.84 Å². The Morgan fingerprint density at radius 3 is 2.29 bits per heavy atom. The standard InChI is InChI=1S/C16H13Cl2NO4S/c1-23-12-7-5-6-11(10-12)15(20)19-16(14(17)18)24(21,22)13-8-3-2-4-9-13/h2-10H,1H3,(H,19,20). The topological polar surface area (TPSA) is 72.5 Å². The first kappa shape index (κ1) is 18.3. The molecule has 0 aromatic heterocycles. The summed E-state index contributed by atoms with van der Waals surface area (Å²) in [7, 11) is -2.61. The second kappa shape index (κ2) is 7.70. The molecule has 0 saturated carbocycles. The summed E-state index contributed by atoms with van der Waals surface area (Å²) in [5, 5.41) is 1.68. The summed E-state index contributed by atoms with van der Waals surface area (Å²) >= 11 is 11.4. The number of nitrogens with one attached hydrogen (secondary N) is 1. The van der Waals surface area contributed by atoms with Crippen molar-refractivity contribution in [3.8, 4) is 5.75 Å². The van der Waals surface area contributed by atoms with Gasteiger partial charge in [-0.1, -0.05) is 47.5 Å². The zero-order valence-electron chi connectivity index (χ0n) is 12.5. The third-order valence-electron chi connectivity index (χ3n) is 3.05. The molecule has 0 bridgehead atoms. The molecule has 0 radical (unpaired) electrons. The minimum Gasteiger partial charge on any atom is -0.497 e. The molecular formula is C16H13Cl2NO4S. The molecule has 0 unspecified atom stereocenters. The SMILES string of the molecule is COc1cccc(C(=O)NC(=C(Cl)Cl)S(=O)(=O)c2ccccc2)c1. The van der Waals surface area contributed by atoms with E-state index in [-0.39, 0.29) is 10.5 Å². The Bertz CT molecular complexity index is 876. The van der Waals surface area contributed by atoms with Crippen molar-refractivity contribution in [3.63, 3.8) is 0 Å². The lowest BCUT2D eigenvalue weighted by atomic mass is 10.2. The molecular weight excluding hydrogens is 373 g/mol. The summed E-state index contributed by atoms with van der Waals surface area (Å²) in [6, 6.07) is 13.8. The number of halogens is 2. The molecule has 2 aromatic carbocycles. The maximum atomic E-state index is 12.6. The van der Waals surface area contributed by atoms with Crippen molar-refractivity contribution in [2.45, 2.75) is 4.90 Å². The van der Waals surface area contributed by atoms with Crippen molar-refractivity contribution < 1.29 is 17.9 Å². The van der Waals surface area contributed by atoms with Crippen LogP contribution in [0.15, 0.2) is 69.0 Å². The average Bonchev–Trinajstić information content (AvgIpc) is 2.59. The van der Waals surface area contributed by atoms with Gasteiger partial charge in [-0.3, -0.25) is 4.79 Å². The molecule has 1 amide bonds. The van der Waals surface area contributed by atoms with Crippen molar-refractivity contribution in [1.29, 1.82) is 0 Å². The van der Waals surface area contributed by atoms with E-state index in [0.29, 0.717) is 5.75 Å². The fourth-order valence-corrected chi connectivity index (χ4v) is 3.76. The average molecular weight is 386 g/mol. The van der Waals surface area contributed by atoms with Crippen LogP contribution in [0.2, 0.25) is 0 Å². The lowest BCUT2D eigenvalue weighted by Gasteiger charge is -2.12. The molecule has 0 spiro atoms. The minimum absolute atomic E-state index is 0.0373. The van der Waals surface area contributed by atoms with E-state index in [4.69, 9.17) is 27.9 Å². The molecule has 2 rings (SSSR count). The van der Waals surface area contributed by atoms with Crippen LogP contribution in [0.3, 0.4) is 0 Å². The van der Waals surface area contributed by atoms with Crippen molar-refractivity contribution in [3.05, 3.63) is 69.7 Å². The number of benzene rings is 2. The van der Waals surface area contributed by atoms with Gasteiger partial charge in [-0.2, -0.15) is 0 Å². The highest BCUT2D eigenvalue weighted by atomic mass is 35.5. The van der Waals surface area contributed by atoms with Gasteiger partial charge >= 0.3 is 0 Å². The van der Waals surface area contributed by atoms with Gasteiger partial charge in [0.1, 0.15) is 10.2 Å². The first-order valence-electron chi connectivity index (χ1n) is 6.67. The summed E-state index contributed by atoms with van der Waals surface area (Å²) in [6.07, 6.45) is 0. The van der Waals surface area contributed by atoms with E-state index in [1.807, 2.05) is 0 Å². The van der Waals surface area contributed by atoms with Crippen molar-refractivity contribution in [1.82, 2.24) is 5.32 Å². The summed E-state index contributed by atoms with van der Waals surface area (Å²) in [5.74, 6) is -0.224. The Hall–Kier alpha value is -2.02. The maximum absolute atomic E-state index is 12.6. The first-order valence-corrected chi connectivity index (χ1v) is 8.91. The zero-order chi connectivity index (χ0) is 17.7. The first-order chi connectivity index (χ1) is 11.4. The monoisotopic (exact) mass is 385 g/mol. The van der Waals surface area contributed by atoms with E-state index >= 15 is 0 Å². The van der Waals surface area contributed by atoms with Gasteiger partial charge in [0.15, 0.2) is 5.03 Å². The summed E-state index contributed by atoms with van der Waals surface area (Å²) in [4.78, 5) is 12.3. The number of sulfone groups is 1. The largest absolute Gasteiger partial charge is 0.497 e. The smallest absolute Gasteiger partial charge is 0.256 e. The lowest BCUT2D eigenvalue weighted by molar-refractivity contribution is 0.0968. The Morgan fingerprint density at radius 1 is 1.04 bits per heavy atom. The van der Waals surface area contributed by atoms with E-state index < -0.39 is 25.3 Å². The van der Waals surface area contributed by atoms with E-state index in [1.54, 1.807) is 30.3 Å². The second-order valence-electron chi connectivity index (χ2n) is 4.59. The summed E-state index contributed by atoms with van der Waals surface area (Å²) in [5.41, 5.74) is 0.199. The number of carbonyl (C=O) groups is 1. The molecule has 0 saturated heterocycles. The maximum Gasteiger partial charge on any atom is 0.256 e. The number of ether oxygens (including phenoxy) is 1. The summed E-state index contributed by atoms with van der Waals surface area (Å²) in [6.45, 7) is 0. The Labute approximate surface area is 149 Å². The Balaban J connectivity index is 2.37. The second-order valence-corrected chi connectivity index (χ2v) is 7.43. The molecule has 0 aliphatic rings. The van der Waals surface area contributed by atoms with Crippen LogP contribution in [0.25, 0.3) is 0 Å². The van der Waals surface area contributed by atoms with Gasteiger partial charge in [-0.25, -0.2) is 8.42 Å². The van der Waals surface area contributed by atoms with Crippen molar-refractivity contribution in [2.24, 2.45) is 0 Å². The number of methoxy groups -OCH3 is 1. The lowest BCUT2D eigenvalue weighted by Crippen LogP contribution is -2.28. The Kier molecular flexibility index (Phi) is 5.88. The van der Waals surface area contributed by atoms with Crippen LogP contribution in [0.5, 0.6) is 5.75 Å². The van der Waals surface area contributed by atoms with Crippen LogP contribution >= 0.6 is 23.2 Å². The molecule has 8 heteroatoms. The predicted molar refractivity (Wildman–Crippen MR) is 92.8 cm³/mol. The van der Waals surface area contributed by atoms with Crippen LogP contribution in [-0.2, 0) is 9.84 Å². The number of hydrogen-bond acceptors (Lipinski definition) is 4. The molecule has 5 nitrogen and oxygen atoms in total. The number of amides is 1. The summed E-state index contributed by atoms with van der Waals surface area (Å²) < 4.78 is 29.7. The van der Waals surface area contributed by atoms with Crippen LogP contribution in [0.1, 0.15) is 10.4 Å². The molecule has 1 N–H and O–H groups in total. The molecule has 0 aliphatic carbocycles. The van der Waals surface area contributed by atoms with Gasteiger partial charge < -0.3 is 10.1 Å². The quantitative estimate of drug-likeness (QED) is 0.854. The van der Waals surface area contributed by atoms with Crippen molar-refractivity contribution in [2.75, 3.05) is 7.11 Å². The highest BCUT2D eigenvalue weighted by Gasteiger charge is 2.26. The minimum atomic E-state index is -4.07. The molecule has 24 heavy (non-hydrogen) atoms. The molecule has 2 aromatic rings. The van der Waals surface area contributed by atoms with Crippen LogP contribution in [0, 0.1) is 0 Å². The predicted octanol–water partition coefficient (Wildman–Crippen LogP) is 3.50. The fraction of sp³-hybridized carbons (Fsp3) is 0.0625. The normalized spacial score (nSPS) is 10.8. The molecule has 0 aliphatic heterocycles. The van der Waals surface area contributed by atoms with Crippen LogP contribution in [-0.4, -0.2) is 21.4 Å². The van der Waals surface area contributed by atoms with Gasteiger partial charge in [-0.15, -0.1) is 0 Å². The molecule has 126 valence electrons. The van der Waals surface area contributed by atoms with Gasteiger partial charge in [-0.05, 0) is 30.3 Å². The number of hydrogen-bond donors (Lipinski definition) is 1. The van der Waals surface area contributed by atoms with E-state index in [9.17, 15) is 13.2 Å². The van der Waals surface area contributed by atoms with E-state index in [0.717, 1.165) is 0 Å². The van der Waals surface area contributed by atoms with Crippen molar-refractivity contribution >= 4 is 38.9 Å². The van der Waals surface area contributed by atoms with Gasteiger partial charge in [0, 0.05) is 5.56 Å². The zero-order valence-corrected chi connectivity index (χ0v) is 14.8. The fourth-order valence-electron chi connectivity index (χ4n) is 1.87. The van der Waals surface area contributed by atoms with Gasteiger partial charge in [0.25, 0.3) is 5.91 Å². The highest BCUT2D eigenvalue weighted by Crippen LogP contribution is 2.24. The number of rotatable bonds is 5. The van der Waals surface area contributed by atoms with E-state index in [1.165, 1.54) is 31.4 Å². The molecule has 0 heterocycles. The van der Waals surface area contributed by atoms with Gasteiger partial charge in [0.05, 0.1) is 12.0 Å². The van der Waals surface area contributed by atoms with Crippen LogP contribution in [0.4, 0.5) is 0 Å². The Morgan fingerprint density at radius 2 is 1.71 bits per heavy atom. The highest BCUT2D eigenvalue weighted by molar-refractivity contribution is 7.95. The number of carbonyl (C=O) groups excluding carboxylic acids is 1.